The Morgan fingerprint density at radius 3 is 2.20 bits per heavy atom. The molecule has 1 unspecified atom stereocenters. The number of halogens is 2. The van der Waals surface area contributed by atoms with Crippen molar-refractivity contribution in [1.82, 2.24) is 10.2 Å². The lowest BCUT2D eigenvalue weighted by molar-refractivity contribution is 0.340. The lowest BCUT2D eigenvalue weighted by Gasteiger charge is -2.21. The van der Waals surface area contributed by atoms with Gasteiger partial charge in [-0.3, -0.25) is 0 Å². The molecule has 4 heteroatoms. The molecule has 0 saturated carbocycles. The molecule has 0 saturated heterocycles. The molecule has 1 atom stereocenters. The Labute approximate surface area is 88.9 Å². The summed E-state index contributed by atoms with van der Waals surface area (Å²) in [7, 11) is 5.42. The first-order valence-corrected chi connectivity index (χ1v) is 4.82. The van der Waals surface area contributed by atoms with E-state index in [1.165, 1.54) is 18.2 Å². The number of hydrogen-bond acceptors (Lipinski definition) is 2. The Bertz CT molecular complexity index is 306. The van der Waals surface area contributed by atoms with Gasteiger partial charge in [0, 0.05) is 12.1 Å². The minimum Gasteiger partial charge on any atom is -0.312 e. The van der Waals surface area contributed by atoms with E-state index in [0.717, 1.165) is 0 Å². The lowest BCUT2D eigenvalue weighted by atomic mass is 10.1. The molecule has 1 N–H and O–H groups in total. The maximum absolute atomic E-state index is 13.4. The van der Waals surface area contributed by atoms with E-state index in [0.29, 0.717) is 6.54 Å². The molecule has 0 spiro atoms. The van der Waals surface area contributed by atoms with Crippen LogP contribution >= 0.6 is 0 Å². The summed E-state index contributed by atoms with van der Waals surface area (Å²) in [6, 6.07) is 3.59. The zero-order chi connectivity index (χ0) is 11.4. The third-order valence-corrected chi connectivity index (χ3v) is 2.24. The number of benzene rings is 1. The van der Waals surface area contributed by atoms with E-state index in [1.807, 2.05) is 19.0 Å². The molecule has 15 heavy (non-hydrogen) atoms. The van der Waals surface area contributed by atoms with Crippen LogP contribution in [0, 0.1) is 11.6 Å². The summed E-state index contributed by atoms with van der Waals surface area (Å²) in [5.74, 6) is -1.01. The molecule has 1 rings (SSSR count). The number of likely N-dealkylation sites (N-methyl/N-ethyl adjacent to an activating group) is 2. The van der Waals surface area contributed by atoms with E-state index in [4.69, 9.17) is 0 Å². The highest BCUT2D eigenvalue weighted by Gasteiger charge is 2.18. The fraction of sp³-hybridized carbons (Fsp3) is 0.455. The molecular weight excluding hydrogens is 198 g/mol. The van der Waals surface area contributed by atoms with Crippen molar-refractivity contribution >= 4 is 0 Å². The topological polar surface area (TPSA) is 15.3 Å². The van der Waals surface area contributed by atoms with Gasteiger partial charge in [-0.25, -0.2) is 8.78 Å². The summed E-state index contributed by atoms with van der Waals surface area (Å²) < 4.78 is 26.9. The molecule has 0 heterocycles. The van der Waals surface area contributed by atoms with Gasteiger partial charge in [0.05, 0.1) is 6.04 Å². The van der Waals surface area contributed by atoms with Gasteiger partial charge in [0.15, 0.2) is 0 Å². The van der Waals surface area contributed by atoms with Crippen molar-refractivity contribution in [3.63, 3.8) is 0 Å². The highest BCUT2D eigenvalue weighted by atomic mass is 19.1. The van der Waals surface area contributed by atoms with Crippen molar-refractivity contribution in [2.45, 2.75) is 6.04 Å². The second-order valence-corrected chi connectivity index (χ2v) is 3.74. The van der Waals surface area contributed by atoms with Gasteiger partial charge in [-0.2, -0.15) is 0 Å². The SMILES string of the molecule is CNC(CN(C)C)c1c(F)cccc1F. The maximum atomic E-state index is 13.4. The van der Waals surface area contributed by atoms with Crippen LogP contribution in [0.4, 0.5) is 8.78 Å². The van der Waals surface area contributed by atoms with E-state index in [2.05, 4.69) is 5.32 Å². The van der Waals surface area contributed by atoms with Crippen LogP contribution in [0.15, 0.2) is 18.2 Å². The van der Waals surface area contributed by atoms with Crippen molar-refractivity contribution in [3.8, 4) is 0 Å². The fourth-order valence-corrected chi connectivity index (χ4v) is 1.54. The Kier molecular flexibility index (Phi) is 4.17. The van der Waals surface area contributed by atoms with Crippen molar-refractivity contribution in [2.75, 3.05) is 27.7 Å². The van der Waals surface area contributed by atoms with Crippen LogP contribution in [0.5, 0.6) is 0 Å². The molecule has 0 aliphatic rings. The summed E-state index contributed by atoms with van der Waals surface area (Å²) in [5.41, 5.74) is 0.105. The molecule has 1 aromatic rings. The fourth-order valence-electron chi connectivity index (χ4n) is 1.54. The van der Waals surface area contributed by atoms with Crippen molar-refractivity contribution < 1.29 is 8.78 Å². The normalized spacial score (nSPS) is 13.2. The molecule has 0 aliphatic carbocycles. The molecule has 0 fully saturated rings. The van der Waals surface area contributed by atoms with Gasteiger partial charge in [0.1, 0.15) is 11.6 Å². The average molecular weight is 214 g/mol. The van der Waals surface area contributed by atoms with Crippen LogP contribution in [0.3, 0.4) is 0 Å². The number of nitrogens with one attached hydrogen (secondary N) is 1. The Hall–Kier alpha value is -1.00. The first-order chi connectivity index (χ1) is 7.06. The van der Waals surface area contributed by atoms with E-state index < -0.39 is 11.6 Å². The van der Waals surface area contributed by atoms with Crippen LogP contribution in [0.2, 0.25) is 0 Å². The van der Waals surface area contributed by atoms with Gasteiger partial charge in [-0.05, 0) is 33.3 Å². The van der Waals surface area contributed by atoms with Crippen LogP contribution < -0.4 is 5.32 Å². The summed E-state index contributed by atoms with van der Waals surface area (Å²) in [6.45, 7) is 0.550. The van der Waals surface area contributed by atoms with Crippen LogP contribution in [-0.4, -0.2) is 32.6 Å². The molecule has 0 bridgehead atoms. The van der Waals surface area contributed by atoms with Gasteiger partial charge in [-0.15, -0.1) is 0 Å². The first-order valence-electron chi connectivity index (χ1n) is 4.82. The molecule has 2 nitrogen and oxygen atoms in total. The van der Waals surface area contributed by atoms with E-state index in [1.54, 1.807) is 7.05 Å². The quantitative estimate of drug-likeness (QED) is 0.822. The monoisotopic (exact) mass is 214 g/mol. The van der Waals surface area contributed by atoms with E-state index in [-0.39, 0.29) is 11.6 Å². The molecule has 84 valence electrons. The van der Waals surface area contributed by atoms with Gasteiger partial charge < -0.3 is 10.2 Å². The molecular formula is C11H16F2N2. The second kappa shape index (κ2) is 5.19. The van der Waals surface area contributed by atoms with Gasteiger partial charge in [0.25, 0.3) is 0 Å². The zero-order valence-electron chi connectivity index (χ0n) is 9.22. The number of hydrogen-bond donors (Lipinski definition) is 1. The van der Waals surface area contributed by atoms with Crippen molar-refractivity contribution in [3.05, 3.63) is 35.4 Å². The lowest BCUT2D eigenvalue weighted by Crippen LogP contribution is -2.30. The molecule has 0 amide bonds. The molecule has 0 aromatic heterocycles. The van der Waals surface area contributed by atoms with Crippen LogP contribution in [-0.2, 0) is 0 Å². The molecule has 0 aliphatic heterocycles. The molecule has 1 aromatic carbocycles. The standard InChI is InChI=1S/C11H16F2N2/c1-14-10(7-15(2)3)11-8(12)5-4-6-9(11)13/h4-6,10,14H,7H2,1-3H3. The zero-order valence-corrected chi connectivity index (χ0v) is 9.22. The Balaban J connectivity index is 3.00. The van der Waals surface area contributed by atoms with Crippen molar-refractivity contribution in [1.29, 1.82) is 0 Å². The van der Waals surface area contributed by atoms with Crippen LogP contribution in [0.1, 0.15) is 11.6 Å². The second-order valence-electron chi connectivity index (χ2n) is 3.74. The third-order valence-electron chi connectivity index (χ3n) is 2.24. The summed E-state index contributed by atoms with van der Waals surface area (Å²) in [6.07, 6.45) is 0. The Morgan fingerprint density at radius 1 is 1.27 bits per heavy atom. The third kappa shape index (κ3) is 2.97. The highest BCUT2D eigenvalue weighted by molar-refractivity contribution is 5.23. The van der Waals surface area contributed by atoms with Crippen molar-refractivity contribution in [2.24, 2.45) is 0 Å². The predicted octanol–water partition coefficient (Wildman–Crippen LogP) is 1.79. The number of nitrogens with zero attached hydrogens (tertiary/aromatic N) is 1. The predicted molar refractivity (Wildman–Crippen MR) is 56.7 cm³/mol. The largest absolute Gasteiger partial charge is 0.312 e. The minimum absolute atomic E-state index is 0.105. The summed E-state index contributed by atoms with van der Waals surface area (Å²) >= 11 is 0. The smallest absolute Gasteiger partial charge is 0.130 e. The summed E-state index contributed by atoms with van der Waals surface area (Å²) in [4.78, 5) is 1.88. The number of rotatable bonds is 4. The van der Waals surface area contributed by atoms with E-state index in [9.17, 15) is 8.78 Å². The average Bonchev–Trinajstić information content (AvgIpc) is 2.15. The van der Waals surface area contributed by atoms with E-state index >= 15 is 0 Å². The van der Waals surface area contributed by atoms with Gasteiger partial charge in [-0.1, -0.05) is 6.07 Å². The van der Waals surface area contributed by atoms with Crippen LogP contribution in [0.25, 0.3) is 0 Å². The van der Waals surface area contributed by atoms with Gasteiger partial charge in [0.2, 0.25) is 0 Å². The Morgan fingerprint density at radius 2 is 1.80 bits per heavy atom. The maximum Gasteiger partial charge on any atom is 0.130 e. The minimum atomic E-state index is -0.504. The first kappa shape index (κ1) is 12.1. The molecule has 0 radical (unpaired) electrons. The summed E-state index contributed by atoms with van der Waals surface area (Å²) in [5, 5.41) is 2.91. The van der Waals surface area contributed by atoms with Gasteiger partial charge >= 0.3 is 0 Å². The highest BCUT2D eigenvalue weighted by Crippen LogP contribution is 2.20.